The van der Waals surface area contributed by atoms with E-state index in [4.69, 9.17) is 19.4 Å². The van der Waals surface area contributed by atoms with Gasteiger partial charge in [0.25, 0.3) is 0 Å². The third-order valence-electron chi connectivity index (χ3n) is 7.78. The van der Waals surface area contributed by atoms with Crippen molar-refractivity contribution in [1.82, 2.24) is 15.3 Å². The number of hydrogen-bond donors (Lipinski definition) is 2. The van der Waals surface area contributed by atoms with Crippen LogP contribution in [0, 0.1) is 18.3 Å². The molecule has 2 aromatic rings. The van der Waals surface area contributed by atoms with Gasteiger partial charge in [-0.2, -0.15) is 0 Å². The van der Waals surface area contributed by atoms with Crippen LogP contribution < -0.4 is 24.8 Å². The molecule has 1 aromatic carbocycles. The zero-order valence-corrected chi connectivity index (χ0v) is 22.4. The molecule has 9 heteroatoms. The van der Waals surface area contributed by atoms with Gasteiger partial charge in [0.1, 0.15) is 11.9 Å². The summed E-state index contributed by atoms with van der Waals surface area (Å²) in [4.78, 5) is 34.5. The Kier molecular flexibility index (Phi) is 8.02. The summed E-state index contributed by atoms with van der Waals surface area (Å²) in [6, 6.07) is 8.29. The molecule has 4 atom stereocenters. The SMILES string of the molecule is COc1ccc(-c2cc([C@H]3C[NH+]4CC[C@H]3C[C@@H]4CNC(=O)CC(C)(C)CC(=O)[O-])nc(C)n2)cc1OC. The Bertz CT molecular complexity index is 1150. The number of carboxylic acid groups (broad SMARTS) is 1. The van der Waals surface area contributed by atoms with E-state index in [-0.39, 0.29) is 18.7 Å². The molecule has 2 bridgehead atoms. The minimum absolute atomic E-state index is 0.101. The van der Waals surface area contributed by atoms with Crippen LogP contribution in [0.3, 0.4) is 0 Å². The molecule has 0 radical (unpaired) electrons. The zero-order valence-electron chi connectivity index (χ0n) is 22.4. The van der Waals surface area contributed by atoms with Gasteiger partial charge in [0.05, 0.1) is 51.2 Å². The number of methoxy groups -OCH3 is 2. The van der Waals surface area contributed by atoms with Crippen LogP contribution in [0.25, 0.3) is 11.3 Å². The number of fused-ring (bicyclic) bond motifs is 3. The van der Waals surface area contributed by atoms with Crippen molar-refractivity contribution in [2.24, 2.45) is 11.3 Å². The molecule has 200 valence electrons. The van der Waals surface area contributed by atoms with Crippen LogP contribution in [0.1, 0.15) is 57.0 Å². The first-order valence-corrected chi connectivity index (χ1v) is 13.0. The van der Waals surface area contributed by atoms with E-state index in [1.165, 1.54) is 4.90 Å². The largest absolute Gasteiger partial charge is 0.550 e. The number of aliphatic carboxylic acids is 1. The molecule has 0 spiro atoms. The van der Waals surface area contributed by atoms with E-state index >= 15 is 0 Å². The lowest BCUT2D eigenvalue weighted by molar-refractivity contribution is -0.942. The number of nitrogens with zero attached hydrogens (tertiary/aromatic N) is 2. The first kappa shape index (κ1) is 26.9. The van der Waals surface area contributed by atoms with Crippen LogP contribution in [0.4, 0.5) is 0 Å². The number of piperidine rings is 3. The second kappa shape index (κ2) is 11.0. The Balaban J connectivity index is 1.43. The van der Waals surface area contributed by atoms with Gasteiger partial charge in [-0.1, -0.05) is 13.8 Å². The van der Waals surface area contributed by atoms with Gasteiger partial charge >= 0.3 is 0 Å². The standard InChI is InChI=1S/C28H38N4O5/c1-17-30-22(19-6-7-24(36-4)25(11-19)37-5)12-23(31-17)21-16-32-9-8-18(21)10-20(32)15-29-26(33)13-28(2,3)14-27(34)35/h6-7,11-12,18,20-21H,8-10,13-16H2,1-5H3,(H,29,33)(H,34,35)/t18-,20+,21-/m0/s1. The molecule has 37 heavy (non-hydrogen) atoms. The fraction of sp³-hybridized carbons (Fsp3) is 0.571. The van der Waals surface area contributed by atoms with E-state index < -0.39 is 11.4 Å². The summed E-state index contributed by atoms with van der Waals surface area (Å²) in [5.41, 5.74) is 2.28. The molecule has 1 aromatic heterocycles. The van der Waals surface area contributed by atoms with E-state index in [0.29, 0.717) is 35.9 Å². The van der Waals surface area contributed by atoms with Gasteiger partial charge in [-0.05, 0) is 48.9 Å². The summed E-state index contributed by atoms with van der Waals surface area (Å²) in [6.07, 6.45) is 2.21. The summed E-state index contributed by atoms with van der Waals surface area (Å²) in [6.45, 7) is 8.17. The molecule has 0 saturated carbocycles. The monoisotopic (exact) mass is 510 g/mol. The van der Waals surface area contributed by atoms with Crippen LogP contribution in [-0.4, -0.2) is 61.7 Å². The number of hydrogen-bond acceptors (Lipinski definition) is 7. The van der Waals surface area contributed by atoms with Gasteiger partial charge in [-0.3, -0.25) is 4.79 Å². The highest BCUT2D eigenvalue weighted by molar-refractivity contribution is 5.77. The Morgan fingerprint density at radius 3 is 2.54 bits per heavy atom. The molecule has 9 nitrogen and oxygen atoms in total. The van der Waals surface area contributed by atoms with Crippen molar-refractivity contribution in [2.75, 3.05) is 33.9 Å². The predicted molar refractivity (Wildman–Crippen MR) is 136 cm³/mol. The zero-order chi connectivity index (χ0) is 26.7. The molecule has 0 aliphatic carbocycles. The number of carbonyl (C=O) groups excluding carboxylic acids is 2. The third kappa shape index (κ3) is 6.39. The van der Waals surface area contributed by atoms with Gasteiger partial charge in [0.2, 0.25) is 5.91 Å². The number of ether oxygens (including phenoxy) is 2. The second-order valence-electron chi connectivity index (χ2n) is 11.2. The van der Waals surface area contributed by atoms with Gasteiger partial charge in [-0.15, -0.1) is 0 Å². The molecule has 3 fully saturated rings. The molecular weight excluding hydrogens is 472 g/mol. The van der Waals surface area contributed by atoms with Gasteiger partial charge in [0, 0.05) is 30.8 Å². The number of carbonyl (C=O) groups is 2. The minimum atomic E-state index is -1.13. The topological polar surface area (TPSA) is 118 Å². The number of aromatic nitrogens is 2. The Morgan fingerprint density at radius 2 is 1.89 bits per heavy atom. The number of aryl methyl sites for hydroxylation is 1. The second-order valence-corrected chi connectivity index (χ2v) is 11.2. The van der Waals surface area contributed by atoms with Crippen LogP contribution in [0.15, 0.2) is 24.3 Å². The van der Waals surface area contributed by atoms with E-state index in [0.717, 1.165) is 48.7 Å². The van der Waals surface area contributed by atoms with Crippen molar-refractivity contribution in [3.63, 3.8) is 0 Å². The molecule has 5 rings (SSSR count). The molecule has 1 unspecified atom stereocenters. The number of amides is 1. The fourth-order valence-corrected chi connectivity index (χ4v) is 5.99. The van der Waals surface area contributed by atoms with Crippen molar-refractivity contribution in [2.45, 2.75) is 58.4 Å². The lowest BCUT2D eigenvalue weighted by atomic mass is 9.74. The highest BCUT2D eigenvalue weighted by atomic mass is 16.5. The third-order valence-corrected chi connectivity index (χ3v) is 7.78. The first-order chi connectivity index (χ1) is 17.6. The summed E-state index contributed by atoms with van der Waals surface area (Å²) in [7, 11) is 3.25. The number of nitrogens with one attached hydrogen (secondary N) is 2. The molecular formula is C28H38N4O5. The summed E-state index contributed by atoms with van der Waals surface area (Å²) >= 11 is 0. The number of quaternary nitrogens is 1. The van der Waals surface area contributed by atoms with E-state index in [9.17, 15) is 14.7 Å². The van der Waals surface area contributed by atoms with Crippen LogP contribution >= 0.6 is 0 Å². The number of carboxylic acids is 1. The van der Waals surface area contributed by atoms with Crippen LogP contribution in [-0.2, 0) is 9.59 Å². The Morgan fingerprint density at radius 1 is 1.14 bits per heavy atom. The normalized spacial score (nSPS) is 22.9. The molecule has 3 aliphatic heterocycles. The van der Waals surface area contributed by atoms with Crippen molar-refractivity contribution in [1.29, 1.82) is 0 Å². The van der Waals surface area contributed by atoms with Crippen LogP contribution in [0.5, 0.6) is 11.5 Å². The van der Waals surface area contributed by atoms with E-state index in [2.05, 4.69) is 11.4 Å². The number of rotatable bonds is 10. The van der Waals surface area contributed by atoms with E-state index in [1.54, 1.807) is 28.1 Å². The number of benzene rings is 1. The predicted octanol–water partition coefficient (Wildman–Crippen LogP) is 0.902. The molecule has 3 aliphatic rings. The lowest BCUT2D eigenvalue weighted by Gasteiger charge is -2.46. The summed E-state index contributed by atoms with van der Waals surface area (Å²) in [5, 5.41) is 14.0. The molecule has 1 amide bonds. The van der Waals surface area contributed by atoms with Crippen molar-refractivity contribution in [3.8, 4) is 22.8 Å². The fourth-order valence-electron chi connectivity index (χ4n) is 5.99. The maximum absolute atomic E-state index is 12.5. The quantitative estimate of drug-likeness (QED) is 0.488. The Hall–Kier alpha value is -3.20. The average Bonchev–Trinajstić information content (AvgIpc) is 2.85. The molecule has 2 N–H and O–H groups in total. The van der Waals surface area contributed by atoms with Gasteiger partial charge < -0.3 is 29.6 Å². The maximum atomic E-state index is 12.5. The van der Waals surface area contributed by atoms with Crippen molar-refractivity contribution >= 4 is 11.9 Å². The maximum Gasteiger partial charge on any atom is 0.220 e. The highest BCUT2D eigenvalue weighted by Crippen LogP contribution is 2.36. The highest BCUT2D eigenvalue weighted by Gasteiger charge is 2.45. The average molecular weight is 511 g/mol. The minimum Gasteiger partial charge on any atom is -0.550 e. The summed E-state index contributed by atoms with van der Waals surface area (Å²) in [5.74, 6) is 1.71. The van der Waals surface area contributed by atoms with Crippen LogP contribution in [0.2, 0.25) is 0 Å². The smallest absolute Gasteiger partial charge is 0.220 e. The van der Waals surface area contributed by atoms with E-state index in [1.807, 2.05) is 25.1 Å². The first-order valence-electron chi connectivity index (χ1n) is 13.0. The van der Waals surface area contributed by atoms with Crippen molar-refractivity contribution in [3.05, 3.63) is 35.8 Å². The lowest BCUT2D eigenvalue weighted by Crippen LogP contribution is -3.20. The Labute approximate surface area is 218 Å². The molecule has 4 heterocycles. The van der Waals surface area contributed by atoms with Gasteiger partial charge in [0.15, 0.2) is 11.5 Å². The molecule has 3 saturated heterocycles. The van der Waals surface area contributed by atoms with Gasteiger partial charge in [-0.25, -0.2) is 9.97 Å². The van der Waals surface area contributed by atoms with Crippen molar-refractivity contribution < 1.29 is 29.1 Å². The summed E-state index contributed by atoms with van der Waals surface area (Å²) < 4.78 is 10.9.